The van der Waals surface area contributed by atoms with Gasteiger partial charge in [0, 0.05) is 29.5 Å². The van der Waals surface area contributed by atoms with Gasteiger partial charge in [-0.05, 0) is 66.5 Å². The molecule has 2 N–H and O–H groups in total. The Kier molecular flexibility index (Phi) is 9.18. The molecule has 0 amide bonds. The average Bonchev–Trinajstić information content (AvgIpc) is 3.35. The van der Waals surface area contributed by atoms with Crippen LogP contribution in [0.1, 0.15) is 80.7 Å². The fourth-order valence-corrected chi connectivity index (χ4v) is 4.61. The van der Waals surface area contributed by atoms with Gasteiger partial charge in [0.15, 0.2) is 0 Å². The van der Waals surface area contributed by atoms with Crippen LogP contribution in [0.15, 0.2) is 73.9 Å². The number of nitrogens with one attached hydrogen (secondary N) is 2. The van der Waals surface area contributed by atoms with Crippen molar-refractivity contribution in [1.82, 2.24) is 10.6 Å². The first-order valence-electron chi connectivity index (χ1n) is 12.5. The number of hydrogen-bond donors (Lipinski definition) is 2. The molecule has 1 aliphatic rings. The third-order valence-electron chi connectivity index (χ3n) is 6.43. The van der Waals surface area contributed by atoms with Crippen LogP contribution in [0, 0.1) is 0 Å². The molecule has 1 aliphatic carbocycles. The van der Waals surface area contributed by atoms with Crippen molar-refractivity contribution in [3.63, 3.8) is 0 Å². The highest BCUT2D eigenvalue weighted by atomic mass is 14.9. The van der Waals surface area contributed by atoms with E-state index in [1.165, 1.54) is 59.1 Å². The van der Waals surface area contributed by atoms with Gasteiger partial charge in [-0.1, -0.05) is 94.5 Å². The summed E-state index contributed by atoms with van der Waals surface area (Å²) in [6.07, 6.45) is 13.7. The molecule has 0 aliphatic heterocycles. The zero-order chi connectivity index (χ0) is 23.6. The van der Waals surface area contributed by atoms with Gasteiger partial charge >= 0.3 is 0 Å². The highest BCUT2D eigenvalue weighted by Gasteiger charge is 2.15. The Morgan fingerprint density at radius 2 is 1.79 bits per heavy atom. The van der Waals surface area contributed by atoms with Crippen molar-refractivity contribution in [1.29, 1.82) is 0 Å². The Morgan fingerprint density at radius 1 is 1.00 bits per heavy atom. The molecule has 0 spiro atoms. The van der Waals surface area contributed by atoms with Gasteiger partial charge in [-0.3, -0.25) is 0 Å². The molecule has 0 heterocycles. The molecular formula is C31H40N2. The molecular weight excluding hydrogens is 400 g/mol. The molecule has 0 radical (unpaired) electrons. The molecule has 33 heavy (non-hydrogen) atoms. The van der Waals surface area contributed by atoms with Gasteiger partial charge in [0.1, 0.15) is 0 Å². The van der Waals surface area contributed by atoms with E-state index in [1.54, 1.807) is 0 Å². The molecule has 0 bridgehead atoms. The summed E-state index contributed by atoms with van der Waals surface area (Å²) in [6, 6.07) is 16.0. The van der Waals surface area contributed by atoms with E-state index in [-0.39, 0.29) is 0 Å². The van der Waals surface area contributed by atoms with Crippen molar-refractivity contribution < 1.29 is 0 Å². The lowest BCUT2D eigenvalue weighted by Crippen LogP contribution is -2.23. The Hall–Kier alpha value is -3.00. The van der Waals surface area contributed by atoms with Gasteiger partial charge in [0.25, 0.3) is 0 Å². The molecule has 2 aromatic carbocycles. The lowest BCUT2D eigenvalue weighted by Gasteiger charge is -2.18. The molecule has 3 rings (SSSR count). The largest absolute Gasteiger partial charge is 0.382 e. The van der Waals surface area contributed by atoms with Crippen LogP contribution in [-0.2, 0) is 13.0 Å². The van der Waals surface area contributed by atoms with Crippen LogP contribution in [0.4, 0.5) is 0 Å². The van der Waals surface area contributed by atoms with Crippen LogP contribution in [0.3, 0.4) is 0 Å². The van der Waals surface area contributed by atoms with E-state index in [2.05, 4.69) is 105 Å². The van der Waals surface area contributed by atoms with Crippen molar-refractivity contribution >= 4 is 17.0 Å². The molecule has 0 saturated heterocycles. The summed E-state index contributed by atoms with van der Waals surface area (Å²) in [7, 11) is 0. The first kappa shape index (κ1) is 24.6. The number of aryl methyl sites for hydroxylation is 1. The molecule has 2 aromatic rings. The van der Waals surface area contributed by atoms with Gasteiger partial charge < -0.3 is 10.6 Å². The van der Waals surface area contributed by atoms with E-state index in [0.29, 0.717) is 6.04 Å². The molecule has 0 unspecified atom stereocenters. The lowest BCUT2D eigenvalue weighted by molar-refractivity contribution is 0.619. The van der Waals surface area contributed by atoms with Crippen LogP contribution in [0.2, 0.25) is 0 Å². The molecule has 174 valence electrons. The minimum absolute atomic E-state index is 0.579. The minimum atomic E-state index is 0.579. The minimum Gasteiger partial charge on any atom is -0.382 e. The smallest absolute Gasteiger partial charge is 0.0401 e. The normalized spacial score (nSPS) is 14.6. The molecule has 1 fully saturated rings. The van der Waals surface area contributed by atoms with E-state index in [4.69, 9.17) is 0 Å². The van der Waals surface area contributed by atoms with Crippen LogP contribution >= 0.6 is 0 Å². The van der Waals surface area contributed by atoms with Crippen molar-refractivity contribution in [2.24, 2.45) is 0 Å². The maximum atomic E-state index is 4.35. The summed E-state index contributed by atoms with van der Waals surface area (Å²) in [5.74, 6) is 0. The number of hydrogen-bond acceptors (Lipinski definition) is 2. The summed E-state index contributed by atoms with van der Waals surface area (Å²) >= 11 is 0. The number of allylic oxidation sites excluding steroid dienone is 4. The van der Waals surface area contributed by atoms with Crippen molar-refractivity contribution in [3.8, 4) is 0 Å². The molecule has 2 heteroatoms. The number of benzene rings is 2. The first-order valence-corrected chi connectivity index (χ1v) is 12.5. The summed E-state index contributed by atoms with van der Waals surface area (Å²) in [5.41, 5.74) is 9.47. The summed E-state index contributed by atoms with van der Waals surface area (Å²) < 4.78 is 0. The third kappa shape index (κ3) is 6.74. The third-order valence-corrected chi connectivity index (χ3v) is 6.43. The second-order valence-electron chi connectivity index (χ2n) is 8.93. The molecule has 0 aromatic heterocycles. The highest BCUT2D eigenvalue weighted by Crippen LogP contribution is 2.25. The van der Waals surface area contributed by atoms with Crippen molar-refractivity contribution in [3.05, 3.63) is 102 Å². The second-order valence-corrected chi connectivity index (χ2v) is 8.93. The fourth-order valence-electron chi connectivity index (χ4n) is 4.61. The van der Waals surface area contributed by atoms with E-state index >= 15 is 0 Å². The summed E-state index contributed by atoms with van der Waals surface area (Å²) in [6.45, 7) is 15.8. The monoisotopic (exact) mass is 440 g/mol. The molecule has 0 atom stereocenters. The van der Waals surface area contributed by atoms with Gasteiger partial charge in [0.05, 0.1) is 0 Å². The predicted molar refractivity (Wildman–Crippen MR) is 146 cm³/mol. The van der Waals surface area contributed by atoms with Gasteiger partial charge in [-0.25, -0.2) is 0 Å². The average molecular weight is 441 g/mol. The fraction of sp³-hybridized carbons (Fsp3) is 0.355. The highest BCUT2D eigenvalue weighted by molar-refractivity contribution is 5.76. The maximum Gasteiger partial charge on any atom is 0.0401 e. The Balaban J connectivity index is 1.68. The van der Waals surface area contributed by atoms with Crippen LogP contribution < -0.4 is 10.6 Å². The maximum absolute atomic E-state index is 4.35. The van der Waals surface area contributed by atoms with E-state index in [0.717, 1.165) is 30.8 Å². The first-order chi connectivity index (χ1) is 16.0. The SMILES string of the molecule is C=C(NC1CCCC1)c1cccc(CNC(=C)c2ccc(C(/C=C\C)=C/CC)cc2CC)c1. The Morgan fingerprint density at radius 3 is 2.48 bits per heavy atom. The van der Waals surface area contributed by atoms with Crippen LogP contribution in [0.25, 0.3) is 17.0 Å². The second kappa shape index (κ2) is 12.3. The lowest BCUT2D eigenvalue weighted by atomic mass is 9.95. The molecule has 2 nitrogen and oxygen atoms in total. The summed E-state index contributed by atoms with van der Waals surface area (Å²) in [5, 5.41) is 7.17. The predicted octanol–water partition coefficient (Wildman–Crippen LogP) is 7.88. The Bertz CT molecular complexity index is 1020. The van der Waals surface area contributed by atoms with Gasteiger partial charge in [-0.15, -0.1) is 0 Å². The van der Waals surface area contributed by atoms with Crippen molar-refractivity contribution in [2.45, 2.75) is 71.9 Å². The zero-order valence-electron chi connectivity index (χ0n) is 20.7. The number of rotatable bonds is 11. The van der Waals surface area contributed by atoms with E-state index < -0.39 is 0 Å². The van der Waals surface area contributed by atoms with E-state index in [9.17, 15) is 0 Å². The van der Waals surface area contributed by atoms with Crippen molar-refractivity contribution in [2.75, 3.05) is 0 Å². The van der Waals surface area contributed by atoms with Gasteiger partial charge in [-0.2, -0.15) is 0 Å². The van der Waals surface area contributed by atoms with Gasteiger partial charge in [0.2, 0.25) is 0 Å². The van der Waals surface area contributed by atoms with Crippen LogP contribution in [-0.4, -0.2) is 6.04 Å². The Labute approximate surface area is 201 Å². The molecule has 1 saturated carbocycles. The van der Waals surface area contributed by atoms with E-state index in [1.807, 2.05) is 0 Å². The summed E-state index contributed by atoms with van der Waals surface area (Å²) in [4.78, 5) is 0. The van der Waals surface area contributed by atoms with Crippen LogP contribution in [0.5, 0.6) is 0 Å². The zero-order valence-corrected chi connectivity index (χ0v) is 20.7. The standard InChI is InChI=1S/C31H40N2/c1-6-12-27(13-7-2)29-18-19-31(26(8-3)21-29)24(5)32-22-25-14-11-15-28(20-25)23(4)33-30-16-9-10-17-30/h6,11-15,18-21,30,32-33H,4-5,7-10,16-17,22H2,1-3H3/b12-6-,27-13+. The topological polar surface area (TPSA) is 24.1 Å². The quantitative estimate of drug-likeness (QED) is 0.347.